The maximum Gasteiger partial charge on any atom is 0.233 e. The van der Waals surface area contributed by atoms with Crippen LogP contribution in [0, 0.1) is 0 Å². The lowest BCUT2D eigenvalue weighted by atomic mass is 10.1. The summed E-state index contributed by atoms with van der Waals surface area (Å²) in [6.07, 6.45) is 0. The van der Waals surface area contributed by atoms with Crippen molar-refractivity contribution in [1.29, 1.82) is 0 Å². The minimum absolute atomic E-state index is 0.0403. The number of carbonyl (C=O) groups excluding carboxylic acids is 1. The van der Waals surface area contributed by atoms with Gasteiger partial charge in [0.05, 0.1) is 11.3 Å². The number of nitrogens with one attached hydrogen (secondary N) is 1. The van der Waals surface area contributed by atoms with Crippen molar-refractivity contribution in [3.63, 3.8) is 0 Å². The van der Waals surface area contributed by atoms with Crippen LogP contribution >= 0.6 is 11.8 Å². The number of rotatable bonds is 6. The van der Waals surface area contributed by atoms with Gasteiger partial charge in [-0.1, -0.05) is 60.7 Å². The van der Waals surface area contributed by atoms with Crippen LogP contribution in [0.3, 0.4) is 0 Å². The van der Waals surface area contributed by atoms with Crippen LogP contribution in [0.25, 0.3) is 0 Å². The predicted molar refractivity (Wildman–Crippen MR) is 90.2 cm³/mol. The van der Waals surface area contributed by atoms with E-state index < -0.39 is 0 Å². The van der Waals surface area contributed by atoms with E-state index in [-0.39, 0.29) is 17.2 Å². The van der Waals surface area contributed by atoms with E-state index in [9.17, 15) is 4.79 Å². The van der Waals surface area contributed by atoms with Crippen LogP contribution in [0.1, 0.15) is 31.0 Å². The van der Waals surface area contributed by atoms with Gasteiger partial charge in [0.15, 0.2) is 0 Å². The maximum absolute atomic E-state index is 12.2. The van der Waals surface area contributed by atoms with Crippen molar-refractivity contribution in [2.75, 3.05) is 0 Å². The Morgan fingerprint density at radius 3 is 2.19 bits per heavy atom. The molecule has 2 aromatic rings. The Bertz CT molecular complexity index is 556. The van der Waals surface area contributed by atoms with Gasteiger partial charge in [-0.2, -0.15) is 0 Å². The van der Waals surface area contributed by atoms with Crippen molar-refractivity contribution in [3.8, 4) is 0 Å². The summed E-state index contributed by atoms with van der Waals surface area (Å²) in [6.45, 7) is 3.97. The summed E-state index contributed by atoms with van der Waals surface area (Å²) in [7, 11) is 0. The molecule has 1 amide bonds. The topological polar surface area (TPSA) is 29.1 Å². The van der Waals surface area contributed by atoms with Gasteiger partial charge < -0.3 is 5.32 Å². The summed E-state index contributed by atoms with van der Waals surface area (Å²) in [5, 5.41) is 3.01. The molecule has 0 saturated carbocycles. The van der Waals surface area contributed by atoms with Crippen LogP contribution in [-0.4, -0.2) is 11.2 Å². The zero-order valence-corrected chi connectivity index (χ0v) is 13.3. The fraction of sp³-hybridized carbons (Fsp3) is 0.278. The molecule has 0 saturated heterocycles. The quantitative estimate of drug-likeness (QED) is 0.866. The van der Waals surface area contributed by atoms with Crippen LogP contribution in [0.2, 0.25) is 0 Å². The second-order valence-corrected chi connectivity index (χ2v) is 6.41. The Kier molecular flexibility index (Phi) is 5.88. The second kappa shape index (κ2) is 7.89. The molecule has 2 atom stereocenters. The molecule has 2 aromatic carbocycles. The third kappa shape index (κ3) is 4.94. The third-order valence-electron chi connectivity index (χ3n) is 3.37. The highest BCUT2D eigenvalue weighted by Crippen LogP contribution is 2.19. The van der Waals surface area contributed by atoms with E-state index in [1.807, 2.05) is 62.4 Å². The third-order valence-corrected chi connectivity index (χ3v) is 4.58. The molecular formula is C18H21NOS. The zero-order chi connectivity index (χ0) is 15.1. The SMILES string of the molecule is C[C@@H](SCc1ccccc1)C(=O)N[C@H](C)c1ccccc1. The fourth-order valence-corrected chi connectivity index (χ4v) is 2.88. The maximum atomic E-state index is 12.2. The van der Waals surface area contributed by atoms with Gasteiger partial charge in [0.25, 0.3) is 0 Å². The monoisotopic (exact) mass is 299 g/mol. The molecule has 21 heavy (non-hydrogen) atoms. The lowest BCUT2D eigenvalue weighted by Gasteiger charge is -2.17. The predicted octanol–water partition coefficient (Wildman–Crippen LogP) is 4.19. The van der Waals surface area contributed by atoms with E-state index in [4.69, 9.17) is 0 Å². The molecular weight excluding hydrogens is 278 g/mol. The summed E-state index contributed by atoms with van der Waals surface area (Å²) < 4.78 is 0. The van der Waals surface area contributed by atoms with Crippen LogP contribution in [-0.2, 0) is 10.5 Å². The first-order valence-corrected chi connectivity index (χ1v) is 8.22. The molecule has 1 N–H and O–H groups in total. The molecule has 0 fully saturated rings. The Morgan fingerprint density at radius 1 is 1.00 bits per heavy atom. The second-order valence-electron chi connectivity index (χ2n) is 5.08. The van der Waals surface area contributed by atoms with Crippen molar-refractivity contribution < 1.29 is 4.79 Å². The minimum atomic E-state index is -0.0589. The van der Waals surface area contributed by atoms with Crippen LogP contribution < -0.4 is 5.32 Å². The van der Waals surface area contributed by atoms with Gasteiger partial charge in [0, 0.05) is 5.75 Å². The minimum Gasteiger partial charge on any atom is -0.349 e. The summed E-state index contributed by atoms with van der Waals surface area (Å²) in [5.74, 6) is 0.946. The average Bonchev–Trinajstić information content (AvgIpc) is 2.54. The summed E-state index contributed by atoms with van der Waals surface area (Å²) in [5.41, 5.74) is 2.38. The van der Waals surface area contributed by atoms with Crippen LogP contribution in [0.4, 0.5) is 0 Å². The van der Waals surface area contributed by atoms with Gasteiger partial charge in [-0.15, -0.1) is 11.8 Å². The van der Waals surface area contributed by atoms with Gasteiger partial charge in [-0.05, 0) is 25.0 Å². The molecule has 0 bridgehead atoms. The summed E-state index contributed by atoms with van der Waals surface area (Å²) in [4.78, 5) is 12.2. The van der Waals surface area contributed by atoms with Crippen molar-refractivity contribution >= 4 is 17.7 Å². The highest BCUT2D eigenvalue weighted by atomic mass is 32.2. The molecule has 0 aliphatic carbocycles. The first kappa shape index (κ1) is 15.6. The first-order chi connectivity index (χ1) is 10.2. The number of benzene rings is 2. The Hall–Kier alpha value is -1.74. The first-order valence-electron chi connectivity index (χ1n) is 7.17. The van der Waals surface area contributed by atoms with Gasteiger partial charge in [-0.25, -0.2) is 0 Å². The number of carbonyl (C=O) groups is 1. The normalized spacial score (nSPS) is 13.4. The fourth-order valence-electron chi connectivity index (χ4n) is 2.03. The molecule has 0 spiro atoms. The number of hydrogen-bond acceptors (Lipinski definition) is 2. The van der Waals surface area contributed by atoms with Crippen molar-refractivity contribution in [3.05, 3.63) is 71.8 Å². The molecule has 2 rings (SSSR count). The molecule has 0 aromatic heterocycles. The molecule has 0 unspecified atom stereocenters. The molecule has 2 nitrogen and oxygen atoms in total. The zero-order valence-electron chi connectivity index (χ0n) is 12.5. The average molecular weight is 299 g/mol. The van der Waals surface area contributed by atoms with Gasteiger partial charge in [0.2, 0.25) is 5.91 Å². The van der Waals surface area contributed by atoms with E-state index >= 15 is 0 Å². The van der Waals surface area contributed by atoms with E-state index in [1.54, 1.807) is 11.8 Å². The number of amides is 1. The van der Waals surface area contributed by atoms with E-state index in [1.165, 1.54) is 5.56 Å². The molecule has 0 heterocycles. The largest absolute Gasteiger partial charge is 0.349 e. The standard InChI is InChI=1S/C18H21NOS/c1-14(17-11-7-4-8-12-17)19-18(20)15(2)21-13-16-9-5-3-6-10-16/h3-12,14-15H,13H2,1-2H3,(H,19,20)/t14-,15-/m1/s1. The van der Waals surface area contributed by atoms with E-state index in [0.717, 1.165) is 11.3 Å². The van der Waals surface area contributed by atoms with E-state index in [0.29, 0.717) is 0 Å². The van der Waals surface area contributed by atoms with Gasteiger partial charge in [-0.3, -0.25) is 4.79 Å². The number of hydrogen-bond donors (Lipinski definition) is 1. The molecule has 0 aliphatic heterocycles. The Morgan fingerprint density at radius 2 is 1.57 bits per heavy atom. The highest BCUT2D eigenvalue weighted by molar-refractivity contribution is 7.99. The van der Waals surface area contributed by atoms with E-state index in [2.05, 4.69) is 17.4 Å². The Balaban J connectivity index is 1.82. The Labute approximate surface area is 131 Å². The van der Waals surface area contributed by atoms with Gasteiger partial charge >= 0.3 is 0 Å². The smallest absolute Gasteiger partial charge is 0.233 e. The molecule has 0 radical (unpaired) electrons. The van der Waals surface area contributed by atoms with Gasteiger partial charge in [0.1, 0.15) is 0 Å². The molecule has 110 valence electrons. The lowest BCUT2D eigenvalue weighted by Crippen LogP contribution is -2.33. The van der Waals surface area contributed by atoms with Crippen molar-refractivity contribution in [2.45, 2.75) is 30.9 Å². The van der Waals surface area contributed by atoms with Crippen molar-refractivity contribution in [1.82, 2.24) is 5.32 Å². The summed E-state index contributed by atoms with van der Waals surface area (Å²) in [6, 6.07) is 20.3. The molecule has 0 aliphatic rings. The van der Waals surface area contributed by atoms with Crippen LogP contribution in [0.5, 0.6) is 0 Å². The number of thioether (sulfide) groups is 1. The summed E-state index contributed by atoms with van der Waals surface area (Å²) >= 11 is 1.66. The molecule has 3 heteroatoms. The van der Waals surface area contributed by atoms with Crippen LogP contribution in [0.15, 0.2) is 60.7 Å². The lowest BCUT2D eigenvalue weighted by molar-refractivity contribution is -0.120. The van der Waals surface area contributed by atoms with Crippen molar-refractivity contribution in [2.24, 2.45) is 0 Å². The highest BCUT2D eigenvalue weighted by Gasteiger charge is 2.16.